The van der Waals surface area contributed by atoms with Crippen LogP contribution in [0.3, 0.4) is 0 Å². The molecule has 1 unspecified atom stereocenters. The summed E-state index contributed by atoms with van der Waals surface area (Å²) in [5.41, 5.74) is 1.20. The number of rotatable bonds is 6. The van der Waals surface area contributed by atoms with Crippen molar-refractivity contribution in [3.8, 4) is 0 Å². The van der Waals surface area contributed by atoms with Gasteiger partial charge in [-0.2, -0.15) is 0 Å². The zero-order chi connectivity index (χ0) is 13.0. The van der Waals surface area contributed by atoms with Crippen molar-refractivity contribution in [2.75, 3.05) is 6.54 Å². The minimum Gasteiger partial charge on any atom is -0.469 e. The van der Waals surface area contributed by atoms with Gasteiger partial charge < -0.3 is 9.73 Å². The van der Waals surface area contributed by atoms with E-state index in [1.807, 2.05) is 17.5 Å². The van der Waals surface area contributed by atoms with E-state index in [-0.39, 0.29) is 6.04 Å². The van der Waals surface area contributed by atoms with Crippen LogP contribution < -0.4 is 5.32 Å². The van der Waals surface area contributed by atoms with Crippen LogP contribution in [0.1, 0.15) is 42.5 Å². The Morgan fingerprint density at radius 1 is 1.39 bits per heavy atom. The van der Waals surface area contributed by atoms with Crippen molar-refractivity contribution < 1.29 is 4.42 Å². The van der Waals surface area contributed by atoms with Gasteiger partial charge in [-0.3, -0.25) is 0 Å². The van der Waals surface area contributed by atoms with E-state index in [2.05, 4.69) is 19.2 Å². The molecule has 0 saturated heterocycles. The second-order valence-corrected chi connectivity index (χ2v) is 5.53. The van der Waals surface area contributed by atoms with Crippen LogP contribution in [0.5, 0.6) is 0 Å². The predicted molar refractivity (Wildman–Crippen MR) is 77.6 cm³/mol. The fourth-order valence-electron chi connectivity index (χ4n) is 2.04. The maximum Gasteiger partial charge on any atom is 0.108 e. The molecule has 0 fully saturated rings. The summed E-state index contributed by atoms with van der Waals surface area (Å²) >= 11 is 7.96. The van der Waals surface area contributed by atoms with E-state index in [0.29, 0.717) is 0 Å². The van der Waals surface area contributed by atoms with Crippen molar-refractivity contribution >= 4 is 22.9 Å². The maximum atomic E-state index is 6.27. The van der Waals surface area contributed by atoms with Gasteiger partial charge in [0, 0.05) is 16.9 Å². The van der Waals surface area contributed by atoms with E-state index in [1.165, 1.54) is 10.4 Å². The first-order valence-electron chi connectivity index (χ1n) is 6.30. The molecule has 18 heavy (non-hydrogen) atoms. The highest BCUT2D eigenvalue weighted by Gasteiger charge is 2.21. The summed E-state index contributed by atoms with van der Waals surface area (Å²) in [5, 5.41) is 6.42. The lowest BCUT2D eigenvalue weighted by Crippen LogP contribution is -2.23. The zero-order valence-corrected chi connectivity index (χ0v) is 12.3. The van der Waals surface area contributed by atoms with Crippen LogP contribution in [0, 0.1) is 0 Å². The molecule has 0 aliphatic carbocycles. The van der Waals surface area contributed by atoms with Gasteiger partial charge in [-0.15, -0.1) is 11.3 Å². The second-order valence-electron chi connectivity index (χ2n) is 4.17. The number of hydrogen-bond donors (Lipinski definition) is 1. The highest BCUT2D eigenvalue weighted by molar-refractivity contribution is 7.10. The van der Waals surface area contributed by atoms with Gasteiger partial charge in [0.05, 0.1) is 17.3 Å². The topological polar surface area (TPSA) is 25.2 Å². The van der Waals surface area contributed by atoms with Gasteiger partial charge in [0.1, 0.15) is 5.76 Å². The highest BCUT2D eigenvalue weighted by Crippen LogP contribution is 2.34. The zero-order valence-electron chi connectivity index (χ0n) is 10.7. The third-order valence-corrected chi connectivity index (χ3v) is 4.34. The Balaban J connectivity index is 2.34. The molecule has 0 aromatic carbocycles. The molecule has 98 valence electrons. The van der Waals surface area contributed by atoms with Crippen LogP contribution in [-0.2, 0) is 6.42 Å². The van der Waals surface area contributed by atoms with Crippen molar-refractivity contribution in [3.05, 3.63) is 45.0 Å². The lowest BCUT2D eigenvalue weighted by molar-refractivity contribution is 0.501. The molecule has 1 atom stereocenters. The van der Waals surface area contributed by atoms with E-state index in [1.54, 1.807) is 17.6 Å². The quantitative estimate of drug-likeness (QED) is 0.835. The third kappa shape index (κ3) is 2.79. The maximum absolute atomic E-state index is 6.27. The molecule has 2 aromatic rings. The van der Waals surface area contributed by atoms with Gasteiger partial charge in [0.15, 0.2) is 0 Å². The number of halogens is 1. The summed E-state index contributed by atoms with van der Waals surface area (Å²) in [6.07, 6.45) is 3.75. The molecule has 0 spiro atoms. The number of hydrogen-bond acceptors (Lipinski definition) is 3. The number of furan rings is 1. The number of nitrogens with one attached hydrogen (secondary N) is 1. The van der Waals surface area contributed by atoms with Gasteiger partial charge in [0.2, 0.25) is 0 Å². The highest BCUT2D eigenvalue weighted by atomic mass is 35.5. The standard InChI is InChI=1S/C14H18ClNOS/c1-3-7-16-13(14-11(15)6-9-18-14)10-5-8-17-12(10)4-2/h5-6,8-9,13,16H,3-4,7H2,1-2H3. The summed E-state index contributed by atoms with van der Waals surface area (Å²) in [4.78, 5) is 1.17. The van der Waals surface area contributed by atoms with Crippen LogP contribution in [0.4, 0.5) is 0 Å². The van der Waals surface area contributed by atoms with Crippen LogP contribution in [0.15, 0.2) is 28.2 Å². The summed E-state index contributed by atoms with van der Waals surface area (Å²) < 4.78 is 5.53. The lowest BCUT2D eigenvalue weighted by Gasteiger charge is -2.17. The summed E-state index contributed by atoms with van der Waals surface area (Å²) in [6, 6.07) is 4.14. The Bertz CT molecular complexity index is 491. The monoisotopic (exact) mass is 283 g/mol. The largest absolute Gasteiger partial charge is 0.469 e. The average molecular weight is 284 g/mol. The van der Waals surface area contributed by atoms with Crippen molar-refractivity contribution in [2.45, 2.75) is 32.7 Å². The summed E-state index contributed by atoms with van der Waals surface area (Å²) in [6.45, 7) is 5.23. The fourth-order valence-corrected chi connectivity index (χ4v) is 3.30. The van der Waals surface area contributed by atoms with E-state index in [4.69, 9.17) is 16.0 Å². The van der Waals surface area contributed by atoms with E-state index in [0.717, 1.165) is 30.2 Å². The first-order valence-corrected chi connectivity index (χ1v) is 7.56. The average Bonchev–Trinajstić information content (AvgIpc) is 2.99. The van der Waals surface area contributed by atoms with Crippen LogP contribution in [0.2, 0.25) is 5.02 Å². The summed E-state index contributed by atoms with van der Waals surface area (Å²) in [5.74, 6) is 1.04. The number of thiophene rings is 1. The molecule has 2 rings (SSSR count). The van der Waals surface area contributed by atoms with E-state index >= 15 is 0 Å². The Labute approximate surface area is 117 Å². The van der Waals surface area contributed by atoms with Crippen LogP contribution in [-0.4, -0.2) is 6.54 Å². The fraction of sp³-hybridized carbons (Fsp3) is 0.429. The first-order chi connectivity index (χ1) is 8.77. The van der Waals surface area contributed by atoms with Gasteiger partial charge >= 0.3 is 0 Å². The molecule has 0 bridgehead atoms. The van der Waals surface area contributed by atoms with Gasteiger partial charge in [-0.25, -0.2) is 0 Å². The minimum absolute atomic E-state index is 0.145. The lowest BCUT2D eigenvalue weighted by atomic mass is 10.0. The molecule has 0 saturated carbocycles. The van der Waals surface area contributed by atoms with Crippen LogP contribution >= 0.6 is 22.9 Å². The molecule has 4 heteroatoms. The molecule has 0 aliphatic heterocycles. The van der Waals surface area contributed by atoms with Crippen molar-refractivity contribution in [3.63, 3.8) is 0 Å². The Kier molecular flexibility index (Phi) is 4.87. The second kappa shape index (κ2) is 6.41. The predicted octanol–water partition coefficient (Wildman–Crippen LogP) is 4.65. The van der Waals surface area contributed by atoms with Crippen molar-refractivity contribution in [2.24, 2.45) is 0 Å². The Hall–Kier alpha value is -0.770. The molecular formula is C14H18ClNOS. The molecule has 2 aromatic heterocycles. The molecule has 0 amide bonds. The normalized spacial score (nSPS) is 12.8. The Morgan fingerprint density at radius 3 is 2.83 bits per heavy atom. The molecular weight excluding hydrogens is 266 g/mol. The van der Waals surface area contributed by atoms with Crippen molar-refractivity contribution in [1.82, 2.24) is 5.32 Å². The van der Waals surface area contributed by atoms with Gasteiger partial charge in [-0.1, -0.05) is 25.4 Å². The van der Waals surface area contributed by atoms with E-state index < -0.39 is 0 Å². The van der Waals surface area contributed by atoms with Crippen molar-refractivity contribution in [1.29, 1.82) is 0 Å². The van der Waals surface area contributed by atoms with Gasteiger partial charge in [0.25, 0.3) is 0 Å². The smallest absolute Gasteiger partial charge is 0.108 e. The molecule has 2 heterocycles. The number of aryl methyl sites for hydroxylation is 1. The SMILES string of the molecule is CCCNC(c1ccoc1CC)c1sccc1Cl. The third-order valence-electron chi connectivity index (χ3n) is 2.92. The molecule has 1 N–H and O–H groups in total. The Morgan fingerprint density at radius 2 is 2.22 bits per heavy atom. The molecule has 2 nitrogen and oxygen atoms in total. The van der Waals surface area contributed by atoms with Crippen LogP contribution in [0.25, 0.3) is 0 Å². The minimum atomic E-state index is 0.145. The van der Waals surface area contributed by atoms with E-state index in [9.17, 15) is 0 Å². The first kappa shape index (κ1) is 13.7. The summed E-state index contributed by atoms with van der Waals surface area (Å²) in [7, 11) is 0. The van der Waals surface area contributed by atoms with Gasteiger partial charge in [-0.05, 0) is 30.5 Å². The molecule has 0 aliphatic rings. The molecule has 0 radical (unpaired) electrons.